The number of nitrogens with one attached hydrogen (secondary N) is 1. The Morgan fingerprint density at radius 1 is 1.00 bits per heavy atom. The second kappa shape index (κ2) is 12.8. The van der Waals surface area contributed by atoms with Crippen molar-refractivity contribution in [2.45, 2.75) is 83.3 Å². The Morgan fingerprint density at radius 3 is 2.17 bits per heavy atom. The van der Waals surface area contributed by atoms with Gasteiger partial charge in [-0.15, -0.1) is 6.42 Å². The van der Waals surface area contributed by atoms with E-state index in [-0.39, 0.29) is 12.5 Å². The summed E-state index contributed by atoms with van der Waals surface area (Å²) in [7, 11) is 0. The average Bonchev–Trinajstić information content (AvgIpc) is 3.38. The Kier molecular flexibility index (Phi) is 11.0. The Bertz CT molecular complexity index is 416. The number of carbonyl (C=O) groups excluding carboxylic acids is 2. The number of esters is 1. The number of rotatable bonds is 14. The molecule has 1 fully saturated rings. The normalized spacial score (nSPS) is 18.7. The van der Waals surface area contributed by atoms with E-state index in [2.05, 4.69) is 18.2 Å². The zero-order chi connectivity index (χ0) is 17.6. The zero-order valence-corrected chi connectivity index (χ0v) is 14.9. The minimum absolute atomic E-state index is 0.138. The average molecular weight is 337 g/mol. The van der Waals surface area contributed by atoms with E-state index in [1.54, 1.807) is 0 Å². The van der Waals surface area contributed by atoms with Crippen LogP contribution in [-0.4, -0.2) is 37.2 Å². The molecule has 0 aromatic heterocycles. The van der Waals surface area contributed by atoms with Crippen LogP contribution in [0, 0.1) is 12.3 Å². The highest BCUT2D eigenvalue weighted by molar-refractivity contribution is 5.92. The van der Waals surface area contributed by atoms with E-state index in [1.165, 1.54) is 51.4 Å². The van der Waals surface area contributed by atoms with Gasteiger partial charge in [-0.1, -0.05) is 70.6 Å². The molecule has 1 N–H and O–H groups in total. The molecule has 0 saturated carbocycles. The molecule has 1 rings (SSSR count). The van der Waals surface area contributed by atoms with Crippen molar-refractivity contribution in [3.63, 3.8) is 0 Å². The number of hydrogen-bond acceptors (Lipinski definition) is 4. The molecule has 0 unspecified atom stereocenters. The lowest BCUT2D eigenvalue weighted by Crippen LogP contribution is -2.31. The Morgan fingerprint density at radius 2 is 1.58 bits per heavy atom. The fourth-order valence-corrected chi connectivity index (χ4v) is 2.57. The Balaban J connectivity index is 1.89. The number of hydrogen-bond donors (Lipinski definition) is 1. The molecular weight excluding hydrogens is 306 g/mol. The maximum absolute atomic E-state index is 11.7. The summed E-state index contributed by atoms with van der Waals surface area (Å²) in [5.41, 5.74) is 0. The van der Waals surface area contributed by atoms with Crippen molar-refractivity contribution in [3.05, 3.63) is 0 Å². The first-order chi connectivity index (χ1) is 11.7. The molecule has 5 heteroatoms. The third-order valence-electron chi connectivity index (χ3n) is 4.09. The second-order valence-corrected chi connectivity index (χ2v) is 6.25. The Hall–Kier alpha value is -1.54. The number of terminal acetylenes is 1. The number of carbonyl (C=O) groups is 2. The van der Waals surface area contributed by atoms with Gasteiger partial charge >= 0.3 is 5.97 Å². The van der Waals surface area contributed by atoms with Gasteiger partial charge < -0.3 is 14.8 Å². The van der Waals surface area contributed by atoms with Gasteiger partial charge in [0.1, 0.15) is 0 Å². The maximum Gasteiger partial charge on any atom is 0.338 e. The van der Waals surface area contributed by atoms with E-state index < -0.39 is 18.2 Å². The lowest BCUT2D eigenvalue weighted by Gasteiger charge is -2.04. The summed E-state index contributed by atoms with van der Waals surface area (Å²) in [4.78, 5) is 23.2. The van der Waals surface area contributed by atoms with Crippen LogP contribution in [0.2, 0.25) is 0 Å². The molecule has 1 amide bonds. The molecule has 1 saturated heterocycles. The highest BCUT2D eigenvalue weighted by Gasteiger charge is 2.51. The third kappa shape index (κ3) is 8.93. The SMILES string of the molecule is C#CCNC(=O)[C@@H]1O[C@H]1C(=O)OCCCCCCCCCCCC. The highest BCUT2D eigenvalue weighted by Crippen LogP contribution is 2.23. The molecule has 0 aliphatic carbocycles. The smallest absolute Gasteiger partial charge is 0.338 e. The van der Waals surface area contributed by atoms with Gasteiger partial charge in [0, 0.05) is 0 Å². The molecule has 24 heavy (non-hydrogen) atoms. The van der Waals surface area contributed by atoms with Crippen molar-refractivity contribution in [2.75, 3.05) is 13.2 Å². The summed E-state index contributed by atoms with van der Waals surface area (Å²) >= 11 is 0. The summed E-state index contributed by atoms with van der Waals surface area (Å²) in [6, 6.07) is 0. The summed E-state index contributed by atoms with van der Waals surface area (Å²) in [6.07, 6.45) is 15.9. The van der Waals surface area contributed by atoms with E-state index >= 15 is 0 Å². The molecule has 0 aromatic rings. The van der Waals surface area contributed by atoms with E-state index in [1.807, 2.05) is 0 Å². The Labute approximate surface area is 145 Å². The van der Waals surface area contributed by atoms with Crippen LogP contribution in [-0.2, 0) is 19.1 Å². The van der Waals surface area contributed by atoms with Crippen LogP contribution in [0.3, 0.4) is 0 Å². The third-order valence-corrected chi connectivity index (χ3v) is 4.09. The predicted molar refractivity (Wildman–Crippen MR) is 93.3 cm³/mol. The van der Waals surface area contributed by atoms with Gasteiger partial charge in [0.05, 0.1) is 13.2 Å². The maximum atomic E-state index is 11.7. The quantitative estimate of drug-likeness (QED) is 0.229. The molecule has 2 atom stereocenters. The van der Waals surface area contributed by atoms with Crippen molar-refractivity contribution in [2.24, 2.45) is 0 Å². The van der Waals surface area contributed by atoms with E-state index in [4.69, 9.17) is 15.9 Å². The van der Waals surface area contributed by atoms with Gasteiger partial charge in [-0.05, 0) is 6.42 Å². The molecule has 1 aliphatic rings. The van der Waals surface area contributed by atoms with Gasteiger partial charge in [0.15, 0.2) is 12.2 Å². The van der Waals surface area contributed by atoms with Gasteiger partial charge in [0.2, 0.25) is 0 Å². The molecule has 0 bridgehead atoms. The van der Waals surface area contributed by atoms with Crippen LogP contribution in [0.1, 0.15) is 71.1 Å². The first-order valence-corrected chi connectivity index (χ1v) is 9.24. The lowest BCUT2D eigenvalue weighted by molar-refractivity contribution is -0.145. The van der Waals surface area contributed by atoms with Crippen LogP contribution in [0.5, 0.6) is 0 Å². The number of ether oxygens (including phenoxy) is 2. The molecule has 0 spiro atoms. The van der Waals surface area contributed by atoms with Gasteiger partial charge in [-0.3, -0.25) is 4.79 Å². The van der Waals surface area contributed by atoms with Crippen LogP contribution in [0.4, 0.5) is 0 Å². The lowest BCUT2D eigenvalue weighted by atomic mass is 10.1. The molecule has 0 radical (unpaired) electrons. The first kappa shape index (κ1) is 20.5. The summed E-state index contributed by atoms with van der Waals surface area (Å²) in [5, 5.41) is 2.48. The van der Waals surface area contributed by atoms with Crippen LogP contribution < -0.4 is 5.32 Å². The fraction of sp³-hybridized carbons (Fsp3) is 0.789. The van der Waals surface area contributed by atoms with Crippen molar-refractivity contribution in [1.29, 1.82) is 0 Å². The van der Waals surface area contributed by atoms with Crippen molar-refractivity contribution in [1.82, 2.24) is 5.32 Å². The van der Waals surface area contributed by atoms with Crippen LogP contribution in [0.15, 0.2) is 0 Å². The molecule has 5 nitrogen and oxygen atoms in total. The molecular formula is C19H31NO4. The minimum Gasteiger partial charge on any atom is -0.464 e. The monoisotopic (exact) mass is 337 g/mol. The molecule has 1 heterocycles. The molecule has 1 aliphatic heterocycles. The molecule has 136 valence electrons. The number of amides is 1. The minimum atomic E-state index is -0.758. The van der Waals surface area contributed by atoms with Crippen LogP contribution >= 0.6 is 0 Å². The van der Waals surface area contributed by atoms with Gasteiger partial charge in [-0.25, -0.2) is 4.79 Å². The van der Waals surface area contributed by atoms with E-state index in [0.29, 0.717) is 6.61 Å². The largest absolute Gasteiger partial charge is 0.464 e. The standard InChI is InChI=1S/C19H31NO4/c1-3-5-6-7-8-9-10-11-12-13-15-23-19(22)17-16(24-17)18(21)20-14-4-2/h2,16-17H,3,5-15H2,1H3,(H,20,21)/t16-,17-/m1/s1. The first-order valence-electron chi connectivity index (χ1n) is 9.24. The second-order valence-electron chi connectivity index (χ2n) is 6.25. The van der Waals surface area contributed by atoms with E-state index in [9.17, 15) is 9.59 Å². The van der Waals surface area contributed by atoms with E-state index in [0.717, 1.165) is 12.8 Å². The predicted octanol–water partition coefficient (Wildman–Crippen LogP) is 2.97. The molecule has 0 aromatic carbocycles. The number of unbranched alkanes of at least 4 members (excludes halogenated alkanes) is 9. The van der Waals surface area contributed by atoms with Crippen LogP contribution in [0.25, 0.3) is 0 Å². The fourth-order valence-electron chi connectivity index (χ4n) is 2.57. The summed E-state index contributed by atoms with van der Waals surface area (Å²) in [5.74, 6) is 1.49. The summed E-state index contributed by atoms with van der Waals surface area (Å²) < 4.78 is 10.2. The number of epoxide rings is 1. The van der Waals surface area contributed by atoms with Crippen molar-refractivity contribution in [3.8, 4) is 12.3 Å². The topological polar surface area (TPSA) is 67.9 Å². The van der Waals surface area contributed by atoms with Gasteiger partial charge in [0.25, 0.3) is 5.91 Å². The zero-order valence-electron chi connectivity index (χ0n) is 14.9. The summed E-state index contributed by atoms with van der Waals surface area (Å²) in [6.45, 7) is 2.77. The van der Waals surface area contributed by atoms with Crippen molar-refractivity contribution >= 4 is 11.9 Å². The van der Waals surface area contributed by atoms with Crippen molar-refractivity contribution < 1.29 is 19.1 Å². The highest BCUT2D eigenvalue weighted by atomic mass is 16.6. The van der Waals surface area contributed by atoms with Gasteiger partial charge in [-0.2, -0.15) is 0 Å².